The van der Waals surface area contributed by atoms with Crippen molar-refractivity contribution in [2.45, 2.75) is 39.7 Å². The van der Waals surface area contributed by atoms with Crippen LogP contribution in [0.3, 0.4) is 0 Å². The first-order chi connectivity index (χ1) is 9.56. The highest BCUT2D eigenvalue weighted by molar-refractivity contribution is 5.36. The van der Waals surface area contributed by atoms with Gasteiger partial charge >= 0.3 is 0 Å². The quantitative estimate of drug-likeness (QED) is 0.907. The zero-order valence-electron chi connectivity index (χ0n) is 12.6. The summed E-state index contributed by atoms with van der Waals surface area (Å²) >= 11 is 0. The molecule has 0 aliphatic heterocycles. The van der Waals surface area contributed by atoms with Gasteiger partial charge in [-0.2, -0.15) is 5.10 Å². The minimum atomic E-state index is -0.0695. The number of hydrogen-bond donors (Lipinski definition) is 1. The van der Waals surface area contributed by atoms with Gasteiger partial charge < -0.3 is 9.84 Å². The lowest BCUT2D eigenvalue weighted by molar-refractivity contribution is 0.274. The third kappa shape index (κ3) is 2.85. The number of hydrogen-bond acceptors (Lipinski definition) is 3. The lowest BCUT2D eigenvalue weighted by Gasteiger charge is -2.11. The summed E-state index contributed by atoms with van der Waals surface area (Å²) in [4.78, 5) is 0. The maximum absolute atomic E-state index is 9.41. The number of aliphatic hydroxyl groups is 1. The second-order valence-electron chi connectivity index (χ2n) is 5.13. The van der Waals surface area contributed by atoms with Crippen molar-refractivity contribution in [2.24, 2.45) is 7.05 Å². The molecular weight excluding hydrogens is 252 g/mol. The van der Waals surface area contributed by atoms with Gasteiger partial charge in [-0.3, -0.25) is 0 Å². The molecule has 1 N–H and O–H groups in total. The highest BCUT2D eigenvalue weighted by Crippen LogP contribution is 2.28. The topological polar surface area (TPSA) is 47.3 Å². The minimum Gasteiger partial charge on any atom is -0.439 e. The molecule has 0 spiro atoms. The molecule has 108 valence electrons. The van der Waals surface area contributed by atoms with E-state index in [1.807, 2.05) is 26.1 Å². The van der Waals surface area contributed by atoms with Gasteiger partial charge in [0.25, 0.3) is 0 Å². The summed E-state index contributed by atoms with van der Waals surface area (Å²) in [7, 11) is 1.81. The van der Waals surface area contributed by atoms with Crippen LogP contribution in [0.4, 0.5) is 0 Å². The molecule has 0 aliphatic rings. The molecule has 2 aromatic rings. The molecule has 1 unspecified atom stereocenters. The molecule has 0 fully saturated rings. The molecule has 1 aromatic heterocycles. The molecule has 0 bridgehead atoms. The minimum absolute atomic E-state index is 0.0695. The standard InChI is InChI=1S/C16H22N2O2/c1-5-11(2)13-6-8-14(9-7-13)20-16-15(10-19)12(3)17-18(16)4/h6-9,11,19H,5,10H2,1-4H3. The number of ether oxygens (including phenoxy) is 1. The molecule has 1 heterocycles. The van der Waals surface area contributed by atoms with Crippen LogP contribution >= 0.6 is 0 Å². The van der Waals surface area contributed by atoms with E-state index in [4.69, 9.17) is 4.74 Å². The lowest BCUT2D eigenvalue weighted by atomic mass is 9.99. The first-order valence-electron chi connectivity index (χ1n) is 6.98. The van der Waals surface area contributed by atoms with Crippen LogP contribution in [0.5, 0.6) is 11.6 Å². The van der Waals surface area contributed by atoms with Crippen molar-refractivity contribution in [1.29, 1.82) is 0 Å². The molecule has 20 heavy (non-hydrogen) atoms. The van der Waals surface area contributed by atoms with Crippen LogP contribution in [0, 0.1) is 6.92 Å². The Hall–Kier alpha value is -1.81. The number of rotatable bonds is 5. The second-order valence-corrected chi connectivity index (χ2v) is 5.13. The van der Waals surface area contributed by atoms with Crippen LogP contribution in [0.25, 0.3) is 0 Å². The lowest BCUT2D eigenvalue weighted by Crippen LogP contribution is -1.97. The van der Waals surface area contributed by atoms with E-state index in [1.54, 1.807) is 4.68 Å². The predicted octanol–water partition coefficient (Wildman–Crippen LogP) is 3.53. The highest BCUT2D eigenvalue weighted by Gasteiger charge is 2.14. The smallest absolute Gasteiger partial charge is 0.223 e. The fourth-order valence-electron chi connectivity index (χ4n) is 2.20. The SMILES string of the molecule is CCC(C)c1ccc(Oc2c(CO)c(C)nn2C)cc1. The summed E-state index contributed by atoms with van der Waals surface area (Å²) in [6, 6.07) is 8.10. The zero-order valence-corrected chi connectivity index (χ0v) is 12.6. The summed E-state index contributed by atoms with van der Waals surface area (Å²) < 4.78 is 7.52. The van der Waals surface area contributed by atoms with Crippen molar-refractivity contribution in [2.75, 3.05) is 0 Å². The second kappa shape index (κ2) is 6.09. The summed E-state index contributed by atoms with van der Waals surface area (Å²) in [6.07, 6.45) is 1.12. The van der Waals surface area contributed by atoms with E-state index < -0.39 is 0 Å². The van der Waals surface area contributed by atoms with E-state index in [-0.39, 0.29) is 6.61 Å². The van der Waals surface area contributed by atoms with Gasteiger partial charge in [0.1, 0.15) is 5.75 Å². The van der Waals surface area contributed by atoms with Gasteiger partial charge in [0.2, 0.25) is 5.88 Å². The fourth-order valence-corrected chi connectivity index (χ4v) is 2.20. The molecule has 0 saturated heterocycles. The zero-order chi connectivity index (χ0) is 14.7. The normalized spacial score (nSPS) is 12.4. The van der Waals surface area contributed by atoms with Crippen molar-refractivity contribution in [3.63, 3.8) is 0 Å². The van der Waals surface area contributed by atoms with Crippen LogP contribution in [0.2, 0.25) is 0 Å². The fraction of sp³-hybridized carbons (Fsp3) is 0.438. The van der Waals surface area contributed by atoms with Gasteiger partial charge in [0.05, 0.1) is 17.9 Å². The van der Waals surface area contributed by atoms with Gasteiger partial charge in [0.15, 0.2) is 0 Å². The van der Waals surface area contributed by atoms with E-state index in [0.29, 0.717) is 11.8 Å². The highest BCUT2D eigenvalue weighted by atomic mass is 16.5. The molecule has 0 radical (unpaired) electrons. The average molecular weight is 274 g/mol. The number of aliphatic hydroxyl groups excluding tert-OH is 1. The van der Waals surface area contributed by atoms with E-state index in [9.17, 15) is 5.11 Å². The van der Waals surface area contributed by atoms with E-state index in [1.165, 1.54) is 5.56 Å². The Morgan fingerprint density at radius 2 is 1.95 bits per heavy atom. The van der Waals surface area contributed by atoms with Crippen LogP contribution in [-0.4, -0.2) is 14.9 Å². The molecule has 0 amide bonds. The Labute approximate surface area is 120 Å². The molecule has 4 heteroatoms. The predicted molar refractivity (Wildman–Crippen MR) is 79.1 cm³/mol. The number of aromatic nitrogens is 2. The van der Waals surface area contributed by atoms with Gasteiger partial charge in [0, 0.05) is 7.05 Å². The third-order valence-corrected chi connectivity index (χ3v) is 3.72. The van der Waals surface area contributed by atoms with Crippen molar-refractivity contribution >= 4 is 0 Å². The Morgan fingerprint density at radius 3 is 2.50 bits per heavy atom. The molecule has 0 saturated carbocycles. The van der Waals surface area contributed by atoms with Crippen molar-refractivity contribution < 1.29 is 9.84 Å². The van der Waals surface area contributed by atoms with Crippen molar-refractivity contribution in [3.05, 3.63) is 41.1 Å². The Kier molecular flexibility index (Phi) is 4.45. The maximum atomic E-state index is 9.41. The molecule has 1 atom stereocenters. The molecule has 1 aromatic carbocycles. The first kappa shape index (κ1) is 14.6. The van der Waals surface area contributed by atoms with E-state index in [0.717, 1.165) is 23.4 Å². The van der Waals surface area contributed by atoms with Crippen LogP contribution < -0.4 is 4.74 Å². The summed E-state index contributed by atoms with van der Waals surface area (Å²) in [5, 5.41) is 13.7. The van der Waals surface area contributed by atoms with Gasteiger partial charge in [-0.1, -0.05) is 26.0 Å². The summed E-state index contributed by atoms with van der Waals surface area (Å²) in [5.41, 5.74) is 2.84. The maximum Gasteiger partial charge on any atom is 0.223 e. The number of benzene rings is 1. The van der Waals surface area contributed by atoms with E-state index >= 15 is 0 Å². The Morgan fingerprint density at radius 1 is 1.30 bits per heavy atom. The third-order valence-electron chi connectivity index (χ3n) is 3.72. The van der Waals surface area contributed by atoms with E-state index in [2.05, 4.69) is 31.1 Å². The van der Waals surface area contributed by atoms with Crippen molar-refractivity contribution in [3.8, 4) is 11.6 Å². The Balaban J connectivity index is 2.22. The molecule has 4 nitrogen and oxygen atoms in total. The monoisotopic (exact) mass is 274 g/mol. The first-order valence-corrected chi connectivity index (χ1v) is 6.98. The summed E-state index contributed by atoms with van der Waals surface area (Å²) in [6.45, 7) is 6.19. The van der Waals surface area contributed by atoms with Crippen molar-refractivity contribution in [1.82, 2.24) is 9.78 Å². The number of aryl methyl sites for hydroxylation is 2. The van der Waals surface area contributed by atoms with Gasteiger partial charge in [-0.05, 0) is 37.0 Å². The number of nitrogens with zero attached hydrogens (tertiary/aromatic N) is 2. The van der Waals surface area contributed by atoms with Gasteiger partial charge in [-0.25, -0.2) is 4.68 Å². The largest absolute Gasteiger partial charge is 0.439 e. The Bertz CT molecular complexity index is 573. The van der Waals surface area contributed by atoms with Crippen LogP contribution in [-0.2, 0) is 13.7 Å². The van der Waals surface area contributed by atoms with Gasteiger partial charge in [-0.15, -0.1) is 0 Å². The molecule has 2 rings (SSSR count). The molecule has 0 aliphatic carbocycles. The van der Waals surface area contributed by atoms with Crippen LogP contribution in [0.15, 0.2) is 24.3 Å². The average Bonchev–Trinajstić information content (AvgIpc) is 2.72. The van der Waals surface area contributed by atoms with Crippen LogP contribution in [0.1, 0.15) is 43.0 Å². The summed E-state index contributed by atoms with van der Waals surface area (Å²) in [5.74, 6) is 1.91. The molecular formula is C16H22N2O2.